The van der Waals surface area contributed by atoms with Gasteiger partial charge in [-0.15, -0.1) is 11.3 Å². The van der Waals surface area contributed by atoms with E-state index in [0.29, 0.717) is 21.5 Å². The SMILES string of the molecule is CC(C)OC(=O)OCOP(=O)(O)C(C(=O)N/C=C/c1cccc(C#N)c1)c1csc2ccc(Cl)cc12. The standard InChI is InChI=1S/C24H22ClN2O7PS/c1-15(2)34-24(29)32-14-33-35(30,31)22(20-13-36-21-7-6-18(25)11-19(20)21)23(28)27-9-8-16-4-3-5-17(10-16)12-26/h3-11,13,15,22H,14H2,1-2H3,(H,27,28)(H,30,31)/b9-8+. The lowest BCUT2D eigenvalue weighted by Crippen LogP contribution is -2.26. The number of nitrogens with zero attached hydrogens (tertiary/aromatic N) is 1. The molecule has 0 radical (unpaired) electrons. The first-order valence-electron chi connectivity index (χ1n) is 10.5. The second kappa shape index (κ2) is 12.2. The monoisotopic (exact) mass is 548 g/mol. The molecular weight excluding hydrogens is 527 g/mol. The quantitative estimate of drug-likeness (QED) is 0.189. The Morgan fingerprint density at radius 3 is 2.78 bits per heavy atom. The van der Waals surface area contributed by atoms with Gasteiger partial charge in [-0.2, -0.15) is 5.26 Å². The summed E-state index contributed by atoms with van der Waals surface area (Å²) in [6.07, 6.45) is 1.29. The Hall–Kier alpha value is -3.19. The van der Waals surface area contributed by atoms with Crippen LogP contribution in [0, 0.1) is 11.3 Å². The van der Waals surface area contributed by atoms with Crippen molar-refractivity contribution < 1.29 is 33.0 Å². The number of hydrogen-bond acceptors (Lipinski definition) is 8. The zero-order valence-corrected chi connectivity index (χ0v) is 21.7. The summed E-state index contributed by atoms with van der Waals surface area (Å²) in [6, 6.07) is 13.7. The summed E-state index contributed by atoms with van der Waals surface area (Å²) in [4.78, 5) is 35.6. The maximum atomic E-state index is 13.3. The van der Waals surface area contributed by atoms with Crippen LogP contribution in [0.3, 0.4) is 0 Å². The van der Waals surface area contributed by atoms with E-state index in [1.165, 1.54) is 23.6 Å². The predicted octanol–water partition coefficient (Wildman–Crippen LogP) is 5.98. The molecule has 1 amide bonds. The molecule has 36 heavy (non-hydrogen) atoms. The van der Waals surface area contributed by atoms with Gasteiger partial charge in [-0.25, -0.2) is 4.79 Å². The molecule has 3 aromatic rings. The lowest BCUT2D eigenvalue weighted by atomic mass is 10.1. The molecule has 0 bridgehead atoms. The van der Waals surface area contributed by atoms with Gasteiger partial charge in [0.05, 0.1) is 17.7 Å². The molecule has 2 N–H and O–H groups in total. The summed E-state index contributed by atoms with van der Waals surface area (Å²) in [5.41, 5.74) is -0.360. The number of nitriles is 1. The minimum absolute atomic E-state index is 0.227. The molecular formula is C24H22ClN2O7PS. The van der Waals surface area contributed by atoms with Gasteiger partial charge in [0, 0.05) is 15.9 Å². The van der Waals surface area contributed by atoms with Crippen molar-refractivity contribution in [2.75, 3.05) is 6.79 Å². The summed E-state index contributed by atoms with van der Waals surface area (Å²) < 4.78 is 28.5. The Morgan fingerprint density at radius 2 is 2.06 bits per heavy atom. The topological polar surface area (TPSA) is 135 Å². The van der Waals surface area contributed by atoms with Crippen LogP contribution in [0.4, 0.5) is 4.79 Å². The van der Waals surface area contributed by atoms with Crippen LogP contribution >= 0.6 is 30.5 Å². The van der Waals surface area contributed by atoms with Gasteiger partial charge in [0.25, 0.3) is 0 Å². The number of fused-ring (bicyclic) bond motifs is 1. The Bertz CT molecular complexity index is 1380. The van der Waals surface area contributed by atoms with Gasteiger partial charge in [0.15, 0.2) is 5.66 Å². The van der Waals surface area contributed by atoms with Crippen molar-refractivity contribution >= 4 is 58.8 Å². The summed E-state index contributed by atoms with van der Waals surface area (Å²) >= 11 is 7.38. The number of benzene rings is 2. The van der Waals surface area contributed by atoms with E-state index in [1.54, 1.807) is 61.7 Å². The van der Waals surface area contributed by atoms with E-state index in [9.17, 15) is 19.0 Å². The van der Waals surface area contributed by atoms with Crippen molar-refractivity contribution in [3.05, 3.63) is 75.8 Å². The first-order valence-corrected chi connectivity index (χ1v) is 13.5. The van der Waals surface area contributed by atoms with Crippen LogP contribution in [0.1, 0.15) is 36.2 Å². The second-order valence-corrected chi connectivity index (χ2v) is 10.9. The number of nitrogens with one attached hydrogen (secondary N) is 1. The minimum Gasteiger partial charge on any atom is -0.432 e. The third kappa shape index (κ3) is 7.17. The van der Waals surface area contributed by atoms with Crippen molar-refractivity contribution in [1.29, 1.82) is 5.26 Å². The fourth-order valence-corrected chi connectivity index (χ4v) is 5.69. The number of carbonyl (C=O) groups excluding carboxylic acids is 2. The molecule has 9 nitrogen and oxygen atoms in total. The second-order valence-electron chi connectivity index (χ2n) is 7.69. The average molecular weight is 549 g/mol. The van der Waals surface area contributed by atoms with E-state index in [2.05, 4.69) is 5.32 Å². The number of thiophene rings is 1. The van der Waals surface area contributed by atoms with Gasteiger partial charge in [0.1, 0.15) is 0 Å². The maximum absolute atomic E-state index is 13.3. The van der Waals surface area contributed by atoms with Crippen LogP contribution in [-0.2, 0) is 23.4 Å². The first kappa shape index (κ1) is 27.4. The minimum atomic E-state index is -4.74. The number of carbonyl (C=O) groups is 2. The van der Waals surface area contributed by atoms with Crippen molar-refractivity contribution in [1.82, 2.24) is 5.32 Å². The van der Waals surface area contributed by atoms with Crippen LogP contribution in [0.25, 0.3) is 16.2 Å². The molecule has 1 aromatic heterocycles. The Morgan fingerprint density at radius 1 is 1.28 bits per heavy atom. The molecule has 2 unspecified atom stereocenters. The molecule has 188 valence electrons. The Balaban J connectivity index is 1.86. The highest BCUT2D eigenvalue weighted by molar-refractivity contribution is 7.54. The highest BCUT2D eigenvalue weighted by atomic mass is 35.5. The number of hydrogen-bond donors (Lipinski definition) is 2. The summed E-state index contributed by atoms with van der Waals surface area (Å²) in [5.74, 6) is -0.835. The van der Waals surface area contributed by atoms with Gasteiger partial charge in [-0.1, -0.05) is 23.7 Å². The van der Waals surface area contributed by atoms with Crippen LogP contribution in [0.5, 0.6) is 0 Å². The first-order chi connectivity index (χ1) is 17.1. The molecule has 0 saturated heterocycles. The summed E-state index contributed by atoms with van der Waals surface area (Å²) in [5, 5.41) is 14.0. The summed E-state index contributed by atoms with van der Waals surface area (Å²) in [6.45, 7) is 2.31. The molecule has 2 atom stereocenters. The number of halogens is 1. The van der Waals surface area contributed by atoms with Crippen LogP contribution in [-0.4, -0.2) is 29.9 Å². The van der Waals surface area contributed by atoms with Crippen molar-refractivity contribution in [3.63, 3.8) is 0 Å². The fraction of sp³-hybridized carbons (Fsp3) is 0.208. The van der Waals surface area contributed by atoms with Crippen LogP contribution < -0.4 is 5.32 Å². The van der Waals surface area contributed by atoms with Crippen molar-refractivity contribution in [2.45, 2.75) is 25.6 Å². The Labute approximate surface area is 216 Å². The third-order valence-electron chi connectivity index (χ3n) is 4.70. The van der Waals surface area contributed by atoms with Gasteiger partial charge in [-0.3, -0.25) is 13.9 Å². The lowest BCUT2D eigenvalue weighted by molar-refractivity contribution is -0.120. The molecule has 1 heterocycles. The number of rotatable bonds is 9. The van der Waals surface area contributed by atoms with E-state index in [1.807, 2.05) is 6.07 Å². The van der Waals surface area contributed by atoms with E-state index in [0.717, 1.165) is 4.70 Å². The number of amides is 1. The zero-order valence-electron chi connectivity index (χ0n) is 19.2. The van der Waals surface area contributed by atoms with Crippen LogP contribution in [0.2, 0.25) is 5.02 Å². The van der Waals surface area contributed by atoms with E-state index in [-0.39, 0.29) is 5.56 Å². The molecule has 0 aliphatic carbocycles. The molecule has 12 heteroatoms. The fourth-order valence-electron chi connectivity index (χ4n) is 3.16. The van der Waals surface area contributed by atoms with E-state index < -0.39 is 38.2 Å². The van der Waals surface area contributed by atoms with Gasteiger partial charge >= 0.3 is 13.8 Å². The lowest BCUT2D eigenvalue weighted by Gasteiger charge is -2.21. The average Bonchev–Trinajstić information content (AvgIpc) is 3.21. The van der Waals surface area contributed by atoms with E-state index in [4.69, 9.17) is 30.9 Å². The molecule has 0 aliphatic heterocycles. The molecule has 0 spiro atoms. The summed E-state index contributed by atoms with van der Waals surface area (Å²) in [7, 11) is -4.74. The van der Waals surface area contributed by atoms with Crippen LogP contribution in [0.15, 0.2) is 54.0 Å². The molecule has 0 fully saturated rings. The normalized spacial score (nSPS) is 13.8. The maximum Gasteiger partial charge on any atom is 0.510 e. The molecule has 0 aliphatic rings. The highest BCUT2D eigenvalue weighted by Gasteiger charge is 2.41. The molecule has 3 rings (SSSR count). The third-order valence-corrected chi connectivity index (χ3v) is 7.56. The Kier molecular flexibility index (Phi) is 9.26. The molecule has 0 saturated carbocycles. The predicted molar refractivity (Wildman–Crippen MR) is 136 cm³/mol. The smallest absolute Gasteiger partial charge is 0.432 e. The highest BCUT2D eigenvalue weighted by Crippen LogP contribution is 2.58. The van der Waals surface area contributed by atoms with Gasteiger partial charge in [0.2, 0.25) is 12.7 Å². The number of ether oxygens (including phenoxy) is 2. The van der Waals surface area contributed by atoms with Crippen molar-refractivity contribution in [2.24, 2.45) is 0 Å². The van der Waals surface area contributed by atoms with E-state index >= 15 is 0 Å². The van der Waals surface area contributed by atoms with Gasteiger partial charge in [-0.05, 0) is 72.1 Å². The van der Waals surface area contributed by atoms with Crippen molar-refractivity contribution in [3.8, 4) is 6.07 Å². The largest absolute Gasteiger partial charge is 0.510 e. The van der Waals surface area contributed by atoms with Gasteiger partial charge < -0.3 is 19.7 Å². The zero-order chi connectivity index (χ0) is 26.3. The molecule has 2 aromatic carbocycles.